The van der Waals surface area contributed by atoms with Crippen LogP contribution in [0, 0.1) is 5.92 Å². The molecular weight excluding hydrogens is 546 g/mol. The van der Waals surface area contributed by atoms with Gasteiger partial charge >= 0.3 is 0 Å². The lowest BCUT2D eigenvalue weighted by Crippen LogP contribution is -2.26. The van der Waals surface area contributed by atoms with Crippen LogP contribution < -0.4 is 9.62 Å². The fraction of sp³-hybridized carbons (Fsp3) is 0.480. The Kier molecular flexibility index (Phi) is 7.45. The third-order valence-electron chi connectivity index (χ3n) is 6.32. The molecule has 4 rings (SSSR count). The summed E-state index contributed by atoms with van der Waals surface area (Å²) < 4.78 is 36.2. The van der Waals surface area contributed by atoms with Crippen molar-refractivity contribution in [1.82, 2.24) is 14.5 Å². The number of imidazole rings is 1. The molecule has 194 valence electrons. The molecule has 1 aliphatic heterocycles. The molecule has 9 nitrogen and oxygen atoms in total. The highest BCUT2D eigenvalue weighted by Crippen LogP contribution is 2.33. The second kappa shape index (κ2) is 10.1. The number of benzene rings is 1. The molecule has 0 saturated carbocycles. The number of ether oxygens (including phenoxy) is 1. The summed E-state index contributed by atoms with van der Waals surface area (Å²) in [5.74, 6) is 1.46. The maximum Gasteiger partial charge on any atom is 0.265 e. The fourth-order valence-electron chi connectivity index (χ4n) is 4.38. The molecule has 1 amide bonds. The van der Waals surface area contributed by atoms with E-state index in [0.29, 0.717) is 16.1 Å². The van der Waals surface area contributed by atoms with Crippen molar-refractivity contribution in [3.8, 4) is 0 Å². The van der Waals surface area contributed by atoms with Gasteiger partial charge in [-0.15, -0.1) is 0 Å². The molecule has 0 unspecified atom stereocenters. The highest BCUT2D eigenvalue weighted by molar-refractivity contribution is 9.10. The van der Waals surface area contributed by atoms with E-state index < -0.39 is 10.0 Å². The minimum Gasteiger partial charge on any atom is -0.381 e. The number of pyridine rings is 1. The number of sulfonamides is 1. The van der Waals surface area contributed by atoms with Crippen molar-refractivity contribution in [1.29, 1.82) is 0 Å². The monoisotopic (exact) mass is 577 g/mol. The lowest BCUT2D eigenvalue weighted by molar-refractivity contribution is -0.114. The van der Waals surface area contributed by atoms with Crippen molar-refractivity contribution in [2.75, 3.05) is 29.9 Å². The van der Waals surface area contributed by atoms with Crippen molar-refractivity contribution in [2.45, 2.75) is 57.4 Å². The van der Waals surface area contributed by atoms with Gasteiger partial charge in [0.15, 0.2) is 0 Å². The van der Waals surface area contributed by atoms with E-state index in [1.54, 1.807) is 0 Å². The van der Waals surface area contributed by atoms with Crippen LogP contribution in [0.1, 0.15) is 46.4 Å². The summed E-state index contributed by atoms with van der Waals surface area (Å²) in [6.45, 7) is 10.2. The van der Waals surface area contributed by atoms with E-state index in [1.807, 2.05) is 18.2 Å². The van der Waals surface area contributed by atoms with Crippen LogP contribution in [-0.4, -0.2) is 49.1 Å². The van der Waals surface area contributed by atoms with Crippen LogP contribution in [0.3, 0.4) is 0 Å². The van der Waals surface area contributed by atoms with Gasteiger partial charge in [-0.25, -0.2) is 18.4 Å². The van der Waals surface area contributed by atoms with Crippen molar-refractivity contribution < 1.29 is 17.9 Å². The van der Waals surface area contributed by atoms with Crippen LogP contribution in [0.25, 0.3) is 11.0 Å². The molecule has 36 heavy (non-hydrogen) atoms. The zero-order valence-corrected chi connectivity index (χ0v) is 23.6. The fourth-order valence-corrected chi connectivity index (χ4v) is 6.14. The molecule has 11 heteroatoms. The standard InChI is InChI=1S/C25H32BrN5O4S/c1-16(32)28-23-20(26)13-19(14-27-23)36(33,34)30(5)18-6-7-22-21(12-18)29-24(25(2,3)4)31(22)15-17-8-10-35-11-9-17/h6-7,12-14,17H,8-11,15H2,1-5H3,(H,27,28,32). The van der Waals surface area contributed by atoms with Gasteiger partial charge in [-0.3, -0.25) is 9.10 Å². The van der Waals surface area contributed by atoms with Crippen LogP contribution >= 0.6 is 15.9 Å². The molecule has 0 bridgehead atoms. The number of amides is 1. The van der Waals surface area contributed by atoms with Gasteiger partial charge in [0.05, 0.1) is 21.2 Å². The molecule has 1 fully saturated rings. The summed E-state index contributed by atoms with van der Waals surface area (Å²) in [5.41, 5.74) is 2.08. The Morgan fingerprint density at radius 2 is 1.94 bits per heavy atom. The van der Waals surface area contributed by atoms with Crippen LogP contribution in [0.2, 0.25) is 0 Å². The van der Waals surface area contributed by atoms with Gasteiger partial charge in [0.25, 0.3) is 10.0 Å². The minimum absolute atomic E-state index is 0.00602. The van der Waals surface area contributed by atoms with Gasteiger partial charge in [-0.05, 0) is 59.0 Å². The molecule has 3 heterocycles. The molecular formula is C25H32BrN5O4S. The molecule has 0 spiro atoms. The van der Waals surface area contributed by atoms with Crippen LogP contribution in [0.15, 0.2) is 39.8 Å². The Labute approximate surface area is 220 Å². The number of rotatable bonds is 6. The summed E-state index contributed by atoms with van der Waals surface area (Å²) in [5, 5.41) is 2.56. The molecule has 0 aliphatic carbocycles. The van der Waals surface area contributed by atoms with Crippen molar-refractivity contribution in [3.63, 3.8) is 0 Å². The zero-order chi connectivity index (χ0) is 26.3. The Balaban J connectivity index is 1.69. The van der Waals surface area contributed by atoms with Gasteiger partial charge in [-0.1, -0.05) is 20.8 Å². The third-order valence-corrected chi connectivity index (χ3v) is 8.67. The zero-order valence-electron chi connectivity index (χ0n) is 21.2. The molecule has 1 aromatic carbocycles. The van der Waals surface area contributed by atoms with Gasteiger partial charge in [0.2, 0.25) is 5.91 Å². The first-order valence-electron chi connectivity index (χ1n) is 11.9. The van der Waals surface area contributed by atoms with E-state index in [0.717, 1.165) is 49.5 Å². The Hall–Kier alpha value is -2.50. The molecule has 0 atom stereocenters. The Morgan fingerprint density at radius 1 is 1.25 bits per heavy atom. The molecule has 1 aliphatic rings. The van der Waals surface area contributed by atoms with E-state index in [4.69, 9.17) is 9.72 Å². The summed E-state index contributed by atoms with van der Waals surface area (Å²) in [4.78, 5) is 20.4. The average molecular weight is 579 g/mol. The number of aromatic nitrogens is 3. The quantitative estimate of drug-likeness (QED) is 0.455. The number of hydrogen-bond donors (Lipinski definition) is 1. The highest BCUT2D eigenvalue weighted by atomic mass is 79.9. The molecule has 1 N–H and O–H groups in total. The molecule has 2 aromatic heterocycles. The van der Waals surface area contributed by atoms with Gasteiger partial charge in [-0.2, -0.15) is 0 Å². The summed E-state index contributed by atoms with van der Waals surface area (Å²) in [6, 6.07) is 7.01. The first-order chi connectivity index (χ1) is 16.9. The third kappa shape index (κ3) is 5.42. The van der Waals surface area contributed by atoms with Gasteiger partial charge < -0.3 is 14.6 Å². The summed E-state index contributed by atoms with van der Waals surface area (Å²) in [6.07, 6.45) is 3.28. The number of halogens is 1. The summed E-state index contributed by atoms with van der Waals surface area (Å²) in [7, 11) is -2.39. The van der Waals surface area contributed by atoms with Gasteiger partial charge in [0.1, 0.15) is 16.5 Å². The van der Waals surface area contributed by atoms with E-state index >= 15 is 0 Å². The minimum atomic E-state index is -3.90. The number of nitrogens with zero attached hydrogens (tertiary/aromatic N) is 4. The van der Waals surface area contributed by atoms with Crippen molar-refractivity contribution in [2.24, 2.45) is 5.92 Å². The predicted octanol–water partition coefficient (Wildman–Crippen LogP) is 4.70. The van der Waals surface area contributed by atoms with Crippen LogP contribution in [0.4, 0.5) is 11.5 Å². The number of fused-ring (bicyclic) bond motifs is 1. The Bertz CT molecular complexity index is 1390. The molecule has 0 radical (unpaired) electrons. The number of carbonyl (C=O) groups excluding carboxylic acids is 1. The Morgan fingerprint density at radius 3 is 2.56 bits per heavy atom. The van der Waals surface area contributed by atoms with E-state index in [9.17, 15) is 13.2 Å². The van der Waals surface area contributed by atoms with Crippen LogP contribution in [-0.2, 0) is 31.5 Å². The number of hydrogen-bond acceptors (Lipinski definition) is 6. The SMILES string of the molecule is CC(=O)Nc1ncc(S(=O)(=O)N(C)c2ccc3c(c2)nc(C(C)(C)C)n3CC2CCOCC2)cc1Br. The van der Waals surface area contributed by atoms with Crippen molar-refractivity contribution >= 4 is 54.4 Å². The van der Waals surface area contributed by atoms with E-state index in [1.165, 1.54) is 30.5 Å². The largest absolute Gasteiger partial charge is 0.381 e. The van der Waals surface area contributed by atoms with Crippen LogP contribution in [0.5, 0.6) is 0 Å². The first-order valence-corrected chi connectivity index (χ1v) is 14.1. The maximum atomic E-state index is 13.4. The number of nitrogens with one attached hydrogen (secondary N) is 1. The lowest BCUT2D eigenvalue weighted by Gasteiger charge is -2.26. The molecule has 1 saturated heterocycles. The topological polar surface area (TPSA) is 106 Å². The normalized spacial score (nSPS) is 15.3. The van der Waals surface area contributed by atoms with E-state index in [2.05, 4.69) is 51.6 Å². The highest BCUT2D eigenvalue weighted by Gasteiger charge is 2.27. The van der Waals surface area contributed by atoms with E-state index in [-0.39, 0.29) is 22.0 Å². The number of carbonyl (C=O) groups is 1. The average Bonchev–Trinajstić information content (AvgIpc) is 3.18. The van der Waals surface area contributed by atoms with Crippen molar-refractivity contribution in [3.05, 3.63) is 40.8 Å². The number of anilines is 2. The maximum absolute atomic E-state index is 13.4. The predicted molar refractivity (Wildman–Crippen MR) is 144 cm³/mol. The second-order valence-electron chi connectivity index (χ2n) is 10.2. The lowest BCUT2D eigenvalue weighted by atomic mass is 9.94. The smallest absolute Gasteiger partial charge is 0.265 e. The second-order valence-corrected chi connectivity index (χ2v) is 13.0. The first kappa shape index (κ1) is 26.6. The summed E-state index contributed by atoms with van der Waals surface area (Å²) >= 11 is 3.30. The molecule has 3 aromatic rings. The van der Waals surface area contributed by atoms with Gasteiger partial charge in [0, 0.05) is 45.3 Å².